The van der Waals surface area contributed by atoms with Gasteiger partial charge in [-0.2, -0.15) is 0 Å². The first-order chi connectivity index (χ1) is 11.5. The van der Waals surface area contributed by atoms with E-state index in [9.17, 15) is 13.6 Å². The lowest BCUT2D eigenvalue weighted by atomic mass is 10.2. The zero-order valence-corrected chi connectivity index (χ0v) is 13.0. The van der Waals surface area contributed by atoms with E-state index in [-0.39, 0.29) is 17.7 Å². The lowest BCUT2D eigenvalue weighted by Gasteiger charge is -2.11. The Morgan fingerprint density at radius 3 is 2.50 bits per heavy atom. The Hall–Kier alpha value is -2.96. The fourth-order valence-corrected chi connectivity index (χ4v) is 2.45. The van der Waals surface area contributed by atoms with E-state index in [2.05, 4.69) is 4.98 Å². The number of nitrogens with zero attached hydrogens (tertiary/aromatic N) is 2. The molecule has 0 unspecified atom stereocenters. The molecular weight excluding hydrogens is 318 g/mol. The van der Waals surface area contributed by atoms with Gasteiger partial charge in [-0.15, -0.1) is 0 Å². The van der Waals surface area contributed by atoms with Crippen molar-refractivity contribution in [1.82, 2.24) is 9.55 Å². The Morgan fingerprint density at radius 1 is 1.08 bits per heavy atom. The second-order valence-electron chi connectivity index (χ2n) is 5.14. The van der Waals surface area contributed by atoms with Gasteiger partial charge in [0.2, 0.25) is 0 Å². The molecule has 0 fully saturated rings. The van der Waals surface area contributed by atoms with Crippen LogP contribution in [-0.4, -0.2) is 23.8 Å². The van der Waals surface area contributed by atoms with Crippen LogP contribution in [0.2, 0.25) is 0 Å². The van der Waals surface area contributed by atoms with Crippen LogP contribution in [0.1, 0.15) is 5.56 Å². The van der Waals surface area contributed by atoms with E-state index >= 15 is 0 Å². The van der Waals surface area contributed by atoms with Crippen molar-refractivity contribution in [2.24, 2.45) is 0 Å². The Bertz CT molecular complexity index is 970. The number of fused-ring (bicyclic) bond motifs is 1. The summed E-state index contributed by atoms with van der Waals surface area (Å²) < 4.78 is 38.6. The van der Waals surface area contributed by atoms with E-state index in [1.54, 1.807) is 6.07 Å². The first-order valence-electron chi connectivity index (χ1n) is 7.08. The predicted octanol–water partition coefficient (Wildman–Crippen LogP) is 2.74. The van der Waals surface area contributed by atoms with Crippen molar-refractivity contribution in [3.05, 3.63) is 64.2 Å². The van der Waals surface area contributed by atoms with Gasteiger partial charge in [0.05, 0.1) is 38.0 Å². The molecule has 0 N–H and O–H groups in total. The minimum absolute atomic E-state index is 0.0683. The Morgan fingerprint density at radius 2 is 1.79 bits per heavy atom. The molecule has 0 bridgehead atoms. The zero-order valence-electron chi connectivity index (χ0n) is 13.0. The van der Waals surface area contributed by atoms with E-state index in [4.69, 9.17) is 9.47 Å². The van der Waals surface area contributed by atoms with Gasteiger partial charge in [0.25, 0.3) is 5.56 Å². The van der Waals surface area contributed by atoms with Crippen LogP contribution >= 0.6 is 0 Å². The van der Waals surface area contributed by atoms with E-state index in [0.717, 1.165) is 18.2 Å². The molecule has 1 heterocycles. The van der Waals surface area contributed by atoms with Crippen LogP contribution in [0.5, 0.6) is 11.5 Å². The fourth-order valence-electron chi connectivity index (χ4n) is 2.45. The highest BCUT2D eigenvalue weighted by atomic mass is 19.1. The molecule has 0 spiro atoms. The lowest BCUT2D eigenvalue weighted by Crippen LogP contribution is -2.21. The van der Waals surface area contributed by atoms with Gasteiger partial charge >= 0.3 is 0 Å². The summed E-state index contributed by atoms with van der Waals surface area (Å²) in [6.07, 6.45) is 1.29. The van der Waals surface area contributed by atoms with E-state index < -0.39 is 11.6 Å². The highest BCUT2D eigenvalue weighted by Crippen LogP contribution is 2.29. The molecule has 7 heteroatoms. The predicted molar refractivity (Wildman–Crippen MR) is 84.6 cm³/mol. The van der Waals surface area contributed by atoms with Gasteiger partial charge < -0.3 is 9.47 Å². The zero-order chi connectivity index (χ0) is 17.3. The van der Waals surface area contributed by atoms with Crippen molar-refractivity contribution in [3.63, 3.8) is 0 Å². The Labute approximate surface area is 136 Å². The number of aromatic nitrogens is 2. The molecule has 5 nitrogen and oxygen atoms in total. The maximum absolute atomic E-state index is 13.8. The molecular formula is C17H14F2N2O3. The second-order valence-corrected chi connectivity index (χ2v) is 5.14. The van der Waals surface area contributed by atoms with Gasteiger partial charge in [-0.3, -0.25) is 9.36 Å². The molecule has 0 saturated carbocycles. The number of methoxy groups -OCH3 is 2. The van der Waals surface area contributed by atoms with E-state index in [1.165, 1.54) is 31.2 Å². The number of rotatable bonds is 4. The smallest absolute Gasteiger partial charge is 0.261 e. The molecule has 1 aromatic heterocycles. The molecule has 0 saturated heterocycles. The van der Waals surface area contributed by atoms with Crippen LogP contribution in [0.25, 0.3) is 10.9 Å². The second kappa shape index (κ2) is 6.27. The SMILES string of the molecule is COc1cc2ncn(Cc3cc(F)ccc3F)c(=O)c2cc1OC. The first kappa shape index (κ1) is 15.9. The molecule has 124 valence electrons. The third-order valence-electron chi connectivity index (χ3n) is 3.68. The van der Waals surface area contributed by atoms with Crippen molar-refractivity contribution >= 4 is 10.9 Å². The van der Waals surface area contributed by atoms with E-state index in [1.807, 2.05) is 0 Å². The fraction of sp³-hybridized carbons (Fsp3) is 0.176. The molecule has 3 rings (SSSR count). The first-order valence-corrected chi connectivity index (χ1v) is 7.08. The van der Waals surface area contributed by atoms with E-state index in [0.29, 0.717) is 22.4 Å². The summed E-state index contributed by atoms with van der Waals surface area (Å²) in [6, 6.07) is 6.21. The third kappa shape index (κ3) is 2.80. The summed E-state index contributed by atoms with van der Waals surface area (Å²) in [5.41, 5.74) is 0.108. The summed E-state index contributed by atoms with van der Waals surface area (Å²) in [4.78, 5) is 16.8. The van der Waals surface area contributed by atoms with Crippen LogP contribution in [0.15, 0.2) is 41.5 Å². The number of halogens is 2. The van der Waals surface area contributed by atoms with Gasteiger partial charge in [0.1, 0.15) is 11.6 Å². The molecule has 0 atom stereocenters. The molecule has 0 aliphatic heterocycles. The monoisotopic (exact) mass is 332 g/mol. The summed E-state index contributed by atoms with van der Waals surface area (Å²) in [5.74, 6) is -0.320. The summed E-state index contributed by atoms with van der Waals surface area (Å²) in [5, 5.41) is 0.298. The summed E-state index contributed by atoms with van der Waals surface area (Å²) in [6.45, 7) is -0.125. The number of benzene rings is 2. The van der Waals surface area contributed by atoms with Gasteiger partial charge in [0, 0.05) is 11.6 Å². The minimum atomic E-state index is -0.587. The molecule has 0 aliphatic rings. The maximum atomic E-state index is 13.8. The normalized spacial score (nSPS) is 10.8. The average molecular weight is 332 g/mol. The van der Waals surface area contributed by atoms with Crippen LogP contribution in [0.4, 0.5) is 8.78 Å². The highest BCUT2D eigenvalue weighted by molar-refractivity contribution is 5.81. The number of ether oxygens (including phenoxy) is 2. The van der Waals surface area contributed by atoms with Crippen molar-refractivity contribution in [2.45, 2.75) is 6.54 Å². The standard InChI is InChI=1S/C17H14F2N2O3/c1-23-15-6-12-14(7-16(15)24-2)20-9-21(17(12)22)8-10-5-11(18)3-4-13(10)19/h3-7,9H,8H2,1-2H3. The molecule has 2 aromatic carbocycles. The number of hydrogen-bond acceptors (Lipinski definition) is 4. The Balaban J connectivity index is 2.11. The van der Waals surface area contributed by atoms with Crippen LogP contribution < -0.4 is 15.0 Å². The number of hydrogen-bond donors (Lipinski definition) is 0. The van der Waals surface area contributed by atoms with Gasteiger partial charge in [0.15, 0.2) is 11.5 Å². The molecule has 3 aromatic rings. The van der Waals surface area contributed by atoms with Crippen molar-refractivity contribution in [2.75, 3.05) is 14.2 Å². The molecule has 0 aliphatic carbocycles. The van der Waals surface area contributed by atoms with Crippen LogP contribution in [-0.2, 0) is 6.54 Å². The van der Waals surface area contributed by atoms with Gasteiger partial charge in [-0.05, 0) is 24.3 Å². The topological polar surface area (TPSA) is 53.4 Å². The highest BCUT2D eigenvalue weighted by Gasteiger charge is 2.12. The summed E-state index contributed by atoms with van der Waals surface area (Å²) >= 11 is 0. The molecule has 0 radical (unpaired) electrons. The minimum Gasteiger partial charge on any atom is -0.493 e. The quantitative estimate of drug-likeness (QED) is 0.737. The molecule has 0 amide bonds. The Kier molecular flexibility index (Phi) is 4.16. The average Bonchev–Trinajstić information content (AvgIpc) is 2.59. The van der Waals surface area contributed by atoms with Crippen LogP contribution in [0, 0.1) is 11.6 Å². The summed E-state index contributed by atoms with van der Waals surface area (Å²) in [7, 11) is 2.94. The third-order valence-corrected chi connectivity index (χ3v) is 3.68. The van der Waals surface area contributed by atoms with Crippen molar-refractivity contribution in [3.8, 4) is 11.5 Å². The van der Waals surface area contributed by atoms with Gasteiger partial charge in [-0.1, -0.05) is 0 Å². The van der Waals surface area contributed by atoms with Crippen LogP contribution in [0.3, 0.4) is 0 Å². The largest absolute Gasteiger partial charge is 0.493 e. The lowest BCUT2D eigenvalue weighted by molar-refractivity contribution is 0.355. The van der Waals surface area contributed by atoms with Crippen molar-refractivity contribution in [1.29, 1.82) is 0 Å². The van der Waals surface area contributed by atoms with Gasteiger partial charge in [-0.25, -0.2) is 13.8 Å². The van der Waals surface area contributed by atoms with Crippen molar-refractivity contribution < 1.29 is 18.3 Å². The maximum Gasteiger partial charge on any atom is 0.261 e. The molecule has 24 heavy (non-hydrogen) atoms.